The van der Waals surface area contributed by atoms with Gasteiger partial charge in [0.1, 0.15) is 0 Å². The summed E-state index contributed by atoms with van der Waals surface area (Å²) in [6.45, 7) is 0. The fourth-order valence-corrected chi connectivity index (χ4v) is 1.42. The first kappa shape index (κ1) is 8.62. The number of aromatic amines is 1. The number of nitrogens with one attached hydrogen (secondary N) is 1. The van der Waals surface area contributed by atoms with E-state index in [1.54, 1.807) is 18.3 Å². The van der Waals surface area contributed by atoms with Gasteiger partial charge in [0.05, 0.1) is 12.7 Å². The third-order valence-electron chi connectivity index (χ3n) is 2.11. The Balaban J connectivity index is 2.67. The summed E-state index contributed by atoms with van der Waals surface area (Å²) in [6.07, 6.45) is 1.62. The minimum atomic E-state index is -0.359. The Morgan fingerprint density at radius 2 is 2.29 bits per heavy atom. The van der Waals surface area contributed by atoms with Crippen LogP contribution in [0.5, 0.6) is 0 Å². The van der Waals surface area contributed by atoms with Crippen molar-refractivity contribution in [1.82, 2.24) is 4.98 Å². The lowest BCUT2D eigenvalue weighted by atomic mass is 10.1. The summed E-state index contributed by atoms with van der Waals surface area (Å²) in [5, 5.41) is 0.789. The fraction of sp³-hybridized carbons (Fsp3) is 0.100. The molecule has 3 N–H and O–H groups in total. The number of rotatable bonds is 1. The minimum Gasteiger partial charge on any atom is -0.465 e. The number of esters is 1. The minimum absolute atomic E-state index is 0.359. The summed E-state index contributed by atoms with van der Waals surface area (Å²) in [4.78, 5) is 14.3. The molecule has 0 saturated heterocycles. The van der Waals surface area contributed by atoms with E-state index in [1.165, 1.54) is 7.11 Å². The number of hydrogen-bond donors (Lipinski definition) is 2. The normalized spacial score (nSPS) is 10.4. The van der Waals surface area contributed by atoms with Gasteiger partial charge in [-0.05, 0) is 18.2 Å². The first-order chi connectivity index (χ1) is 6.72. The van der Waals surface area contributed by atoms with Crippen LogP contribution < -0.4 is 5.73 Å². The molecule has 1 aromatic heterocycles. The van der Waals surface area contributed by atoms with E-state index in [9.17, 15) is 4.79 Å². The molecule has 0 amide bonds. The van der Waals surface area contributed by atoms with Crippen molar-refractivity contribution in [1.29, 1.82) is 0 Å². The summed E-state index contributed by atoms with van der Waals surface area (Å²) in [6, 6.07) is 5.36. The average molecular weight is 190 g/mol. The Bertz CT molecular complexity index is 488. The molecule has 1 heterocycles. The van der Waals surface area contributed by atoms with E-state index < -0.39 is 0 Å². The zero-order chi connectivity index (χ0) is 10.1. The summed E-state index contributed by atoms with van der Waals surface area (Å²) in [7, 11) is 1.35. The van der Waals surface area contributed by atoms with Gasteiger partial charge in [-0.25, -0.2) is 4.79 Å². The van der Waals surface area contributed by atoms with Crippen LogP contribution >= 0.6 is 0 Å². The van der Waals surface area contributed by atoms with Gasteiger partial charge in [-0.1, -0.05) is 0 Å². The Labute approximate surface area is 80.7 Å². The first-order valence-corrected chi connectivity index (χ1v) is 4.17. The molecule has 2 aromatic rings. The van der Waals surface area contributed by atoms with Crippen molar-refractivity contribution >= 4 is 22.6 Å². The second-order valence-corrected chi connectivity index (χ2v) is 3.00. The molecule has 0 spiro atoms. The monoisotopic (exact) mass is 190 g/mol. The van der Waals surface area contributed by atoms with Gasteiger partial charge in [-0.3, -0.25) is 0 Å². The van der Waals surface area contributed by atoms with E-state index in [0.717, 1.165) is 10.9 Å². The van der Waals surface area contributed by atoms with E-state index in [-0.39, 0.29) is 5.97 Å². The molecule has 72 valence electrons. The summed E-state index contributed by atoms with van der Waals surface area (Å²) < 4.78 is 4.64. The number of anilines is 1. The van der Waals surface area contributed by atoms with Crippen molar-refractivity contribution in [2.75, 3.05) is 12.8 Å². The van der Waals surface area contributed by atoms with Gasteiger partial charge >= 0.3 is 5.97 Å². The molecule has 0 saturated carbocycles. The molecular weight excluding hydrogens is 180 g/mol. The Kier molecular flexibility index (Phi) is 1.89. The highest BCUT2D eigenvalue weighted by atomic mass is 16.5. The molecule has 0 radical (unpaired) electrons. The Morgan fingerprint density at radius 1 is 1.50 bits per heavy atom. The van der Waals surface area contributed by atoms with Crippen LogP contribution in [0.3, 0.4) is 0 Å². The average Bonchev–Trinajstić information content (AvgIpc) is 2.59. The number of carbonyl (C=O) groups is 1. The van der Waals surface area contributed by atoms with E-state index in [1.807, 2.05) is 6.07 Å². The van der Waals surface area contributed by atoms with Gasteiger partial charge in [0, 0.05) is 22.8 Å². The van der Waals surface area contributed by atoms with Crippen LogP contribution in [0.2, 0.25) is 0 Å². The highest BCUT2D eigenvalue weighted by molar-refractivity contribution is 6.04. The number of nitrogen functional groups attached to an aromatic ring is 1. The molecule has 4 heteroatoms. The number of nitrogens with two attached hydrogens (primary N) is 1. The predicted octanol–water partition coefficient (Wildman–Crippen LogP) is 1.54. The number of ether oxygens (including phenoxy) is 1. The lowest BCUT2D eigenvalue weighted by Crippen LogP contribution is -1.99. The molecule has 0 aliphatic carbocycles. The third-order valence-corrected chi connectivity index (χ3v) is 2.11. The molecule has 0 unspecified atom stereocenters. The smallest absolute Gasteiger partial charge is 0.340 e. The van der Waals surface area contributed by atoms with E-state index in [4.69, 9.17) is 5.73 Å². The van der Waals surface area contributed by atoms with Crippen LogP contribution in [-0.2, 0) is 4.74 Å². The fourth-order valence-electron chi connectivity index (χ4n) is 1.42. The molecule has 4 nitrogen and oxygen atoms in total. The molecule has 0 bridgehead atoms. The van der Waals surface area contributed by atoms with Crippen molar-refractivity contribution in [3.8, 4) is 0 Å². The number of carbonyl (C=O) groups excluding carboxylic acids is 1. The standard InChI is InChI=1S/C10H10N2O2/c1-14-10(13)8-5-12-9-3-2-6(11)4-7(8)9/h2-5,12H,11H2,1H3. The zero-order valence-electron chi connectivity index (χ0n) is 7.70. The highest BCUT2D eigenvalue weighted by Crippen LogP contribution is 2.21. The van der Waals surface area contributed by atoms with Crippen LogP contribution in [0.25, 0.3) is 10.9 Å². The lowest BCUT2D eigenvalue weighted by Gasteiger charge is -1.97. The van der Waals surface area contributed by atoms with Crippen molar-refractivity contribution in [2.45, 2.75) is 0 Å². The van der Waals surface area contributed by atoms with Gasteiger partial charge < -0.3 is 15.5 Å². The van der Waals surface area contributed by atoms with Gasteiger partial charge in [-0.2, -0.15) is 0 Å². The van der Waals surface area contributed by atoms with E-state index in [2.05, 4.69) is 9.72 Å². The molecule has 0 aliphatic rings. The van der Waals surface area contributed by atoms with Gasteiger partial charge in [0.2, 0.25) is 0 Å². The quantitative estimate of drug-likeness (QED) is 0.529. The maximum atomic E-state index is 11.3. The molecule has 1 aromatic carbocycles. The molecule has 0 aliphatic heterocycles. The van der Waals surface area contributed by atoms with Crippen molar-refractivity contribution in [3.63, 3.8) is 0 Å². The molecule has 0 atom stereocenters. The highest BCUT2D eigenvalue weighted by Gasteiger charge is 2.11. The van der Waals surface area contributed by atoms with Crippen LogP contribution in [0.1, 0.15) is 10.4 Å². The number of methoxy groups -OCH3 is 1. The maximum Gasteiger partial charge on any atom is 0.340 e. The summed E-state index contributed by atoms with van der Waals surface area (Å²) >= 11 is 0. The number of benzene rings is 1. The number of hydrogen-bond acceptors (Lipinski definition) is 3. The Morgan fingerprint density at radius 3 is 3.00 bits per heavy atom. The largest absolute Gasteiger partial charge is 0.465 e. The molecule has 2 rings (SSSR count). The van der Waals surface area contributed by atoms with Gasteiger partial charge in [-0.15, -0.1) is 0 Å². The lowest BCUT2D eigenvalue weighted by molar-refractivity contribution is 0.0603. The second-order valence-electron chi connectivity index (χ2n) is 3.00. The van der Waals surface area contributed by atoms with E-state index >= 15 is 0 Å². The van der Waals surface area contributed by atoms with Crippen LogP contribution in [-0.4, -0.2) is 18.1 Å². The SMILES string of the molecule is COC(=O)c1c[nH]c2ccc(N)cc12. The van der Waals surface area contributed by atoms with Crippen LogP contribution in [0.15, 0.2) is 24.4 Å². The zero-order valence-corrected chi connectivity index (χ0v) is 7.70. The van der Waals surface area contributed by atoms with Crippen LogP contribution in [0.4, 0.5) is 5.69 Å². The maximum absolute atomic E-state index is 11.3. The predicted molar refractivity (Wildman–Crippen MR) is 54.1 cm³/mol. The van der Waals surface area contributed by atoms with Gasteiger partial charge in [0.25, 0.3) is 0 Å². The van der Waals surface area contributed by atoms with E-state index in [0.29, 0.717) is 11.3 Å². The Hall–Kier alpha value is -1.97. The molecule has 14 heavy (non-hydrogen) atoms. The van der Waals surface area contributed by atoms with Crippen molar-refractivity contribution < 1.29 is 9.53 Å². The van der Waals surface area contributed by atoms with Crippen molar-refractivity contribution in [3.05, 3.63) is 30.0 Å². The topological polar surface area (TPSA) is 68.1 Å². The van der Waals surface area contributed by atoms with Crippen molar-refractivity contribution in [2.24, 2.45) is 0 Å². The molecule has 0 fully saturated rings. The third kappa shape index (κ3) is 1.21. The number of aromatic nitrogens is 1. The summed E-state index contributed by atoms with van der Waals surface area (Å²) in [5.74, 6) is -0.359. The second kappa shape index (κ2) is 3.06. The number of H-pyrrole nitrogens is 1. The number of fused-ring (bicyclic) bond motifs is 1. The molecular formula is C10H10N2O2. The van der Waals surface area contributed by atoms with Gasteiger partial charge in [0.15, 0.2) is 0 Å². The van der Waals surface area contributed by atoms with Crippen LogP contribution in [0, 0.1) is 0 Å². The summed E-state index contributed by atoms with van der Waals surface area (Å²) in [5.41, 5.74) is 7.64. The first-order valence-electron chi connectivity index (χ1n) is 4.17.